The second-order valence-corrected chi connectivity index (χ2v) is 4.77. The summed E-state index contributed by atoms with van der Waals surface area (Å²) in [5, 5.41) is 21.0. The number of hydrogen-bond donors (Lipinski definition) is 3. The highest BCUT2D eigenvalue weighted by Crippen LogP contribution is 2.19. The van der Waals surface area contributed by atoms with Crippen molar-refractivity contribution in [1.82, 2.24) is 5.32 Å². The maximum absolute atomic E-state index is 10.7. The van der Waals surface area contributed by atoms with Crippen LogP contribution in [0.1, 0.15) is 24.0 Å². The van der Waals surface area contributed by atoms with E-state index in [4.69, 9.17) is 14.9 Å². The molecule has 19 heavy (non-hydrogen) atoms. The summed E-state index contributed by atoms with van der Waals surface area (Å²) in [6.07, 6.45) is 0.716. The average Bonchev–Trinajstić information content (AvgIpc) is 2.89. The number of carbonyl (C=O) groups is 1. The van der Waals surface area contributed by atoms with Gasteiger partial charge < -0.3 is 20.3 Å². The first-order chi connectivity index (χ1) is 9.19. The van der Waals surface area contributed by atoms with Gasteiger partial charge in [-0.1, -0.05) is 24.3 Å². The van der Waals surface area contributed by atoms with Gasteiger partial charge in [-0.3, -0.25) is 0 Å². The maximum atomic E-state index is 10.7. The molecular formula is C14H19NO4. The molecule has 0 amide bonds. The Hall–Kier alpha value is -1.43. The summed E-state index contributed by atoms with van der Waals surface area (Å²) >= 11 is 0. The van der Waals surface area contributed by atoms with E-state index in [9.17, 15) is 4.79 Å². The van der Waals surface area contributed by atoms with Gasteiger partial charge in [0.15, 0.2) is 6.10 Å². The molecule has 1 aliphatic rings. The van der Waals surface area contributed by atoms with Gasteiger partial charge in [-0.15, -0.1) is 0 Å². The molecule has 0 bridgehead atoms. The molecule has 1 aromatic carbocycles. The molecule has 1 heterocycles. The molecule has 0 spiro atoms. The van der Waals surface area contributed by atoms with Crippen molar-refractivity contribution >= 4 is 5.97 Å². The lowest BCUT2D eigenvalue weighted by molar-refractivity contribution is -0.149. The molecule has 104 valence electrons. The zero-order chi connectivity index (χ0) is 13.7. The van der Waals surface area contributed by atoms with Crippen LogP contribution in [0.2, 0.25) is 0 Å². The van der Waals surface area contributed by atoms with Crippen LogP contribution in [0.25, 0.3) is 0 Å². The van der Waals surface area contributed by atoms with E-state index in [1.807, 2.05) is 24.3 Å². The summed E-state index contributed by atoms with van der Waals surface area (Å²) < 4.78 is 5.40. The van der Waals surface area contributed by atoms with Gasteiger partial charge in [0.2, 0.25) is 0 Å². The Morgan fingerprint density at radius 1 is 1.26 bits per heavy atom. The predicted molar refractivity (Wildman–Crippen MR) is 69.6 cm³/mol. The highest BCUT2D eigenvalue weighted by Gasteiger charge is 2.29. The van der Waals surface area contributed by atoms with Gasteiger partial charge in [0.1, 0.15) is 0 Å². The van der Waals surface area contributed by atoms with Crippen molar-refractivity contribution in [2.24, 2.45) is 0 Å². The first kappa shape index (κ1) is 14.0. The zero-order valence-electron chi connectivity index (χ0n) is 10.7. The fraction of sp³-hybridized carbons (Fsp3) is 0.500. The Kier molecular flexibility index (Phi) is 4.90. The second kappa shape index (κ2) is 6.65. The van der Waals surface area contributed by atoms with Crippen molar-refractivity contribution in [3.05, 3.63) is 35.4 Å². The maximum Gasteiger partial charge on any atom is 0.332 e. The van der Waals surface area contributed by atoms with Crippen LogP contribution in [0.4, 0.5) is 0 Å². The van der Waals surface area contributed by atoms with Crippen molar-refractivity contribution in [2.45, 2.75) is 38.2 Å². The minimum absolute atomic E-state index is 0.0159. The van der Waals surface area contributed by atoms with E-state index in [1.54, 1.807) is 0 Å². The van der Waals surface area contributed by atoms with E-state index in [-0.39, 0.29) is 12.7 Å². The van der Waals surface area contributed by atoms with Gasteiger partial charge in [0, 0.05) is 13.1 Å². The molecule has 0 radical (unpaired) electrons. The smallest absolute Gasteiger partial charge is 0.332 e. The number of aliphatic hydroxyl groups excluding tert-OH is 1. The second-order valence-electron chi connectivity index (χ2n) is 4.77. The number of carboxylic acids is 1. The Morgan fingerprint density at radius 2 is 1.95 bits per heavy atom. The summed E-state index contributed by atoms with van der Waals surface area (Å²) in [5.41, 5.74) is 2.03. The summed E-state index contributed by atoms with van der Waals surface area (Å²) in [6.45, 7) is 1.43. The fourth-order valence-electron chi connectivity index (χ4n) is 2.18. The molecule has 1 aromatic rings. The van der Waals surface area contributed by atoms with Crippen LogP contribution in [-0.4, -0.2) is 34.9 Å². The van der Waals surface area contributed by atoms with Crippen LogP contribution in [0.15, 0.2) is 24.3 Å². The van der Waals surface area contributed by atoms with Crippen LogP contribution in [0, 0.1) is 0 Å². The molecule has 2 unspecified atom stereocenters. The van der Waals surface area contributed by atoms with Crippen molar-refractivity contribution in [3.63, 3.8) is 0 Å². The molecule has 5 nitrogen and oxygen atoms in total. The zero-order valence-corrected chi connectivity index (χ0v) is 10.7. The fourth-order valence-corrected chi connectivity index (χ4v) is 2.18. The topological polar surface area (TPSA) is 78.8 Å². The normalized spacial score (nSPS) is 22.6. The molecule has 0 aliphatic carbocycles. The van der Waals surface area contributed by atoms with E-state index in [0.29, 0.717) is 19.5 Å². The van der Waals surface area contributed by atoms with E-state index in [1.165, 1.54) is 0 Å². The van der Waals surface area contributed by atoms with E-state index in [0.717, 1.165) is 17.5 Å². The molecule has 3 N–H and O–H groups in total. The number of carboxylic acid groups (broad SMARTS) is 1. The standard InChI is InChI=1S/C14H19NO4/c16-9-11-3-1-10(2-4-11)7-15-8-12-5-6-13(19-12)14(17)18/h1-4,12-13,15-16H,5-9H2,(H,17,18). The lowest BCUT2D eigenvalue weighted by Crippen LogP contribution is -2.28. The van der Waals surface area contributed by atoms with Crippen LogP contribution in [-0.2, 0) is 22.7 Å². The third-order valence-electron chi connectivity index (χ3n) is 3.29. The largest absolute Gasteiger partial charge is 0.479 e. The van der Waals surface area contributed by atoms with Crippen LogP contribution < -0.4 is 5.32 Å². The van der Waals surface area contributed by atoms with Crippen molar-refractivity contribution in [1.29, 1.82) is 0 Å². The molecule has 1 aliphatic heterocycles. The molecular weight excluding hydrogens is 246 g/mol. The van der Waals surface area contributed by atoms with Crippen LogP contribution >= 0.6 is 0 Å². The minimum Gasteiger partial charge on any atom is -0.479 e. The lowest BCUT2D eigenvalue weighted by atomic mass is 10.1. The first-order valence-electron chi connectivity index (χ1n) is 6.46. The summed E-state index contributed by atoms with van der Waals surface area (Å²) in [5.74, 6) is -0.873. The summed E-state index contributed by atoms with van der Waals surface area (Å²) in [7, 11) is 0. The van der Waals surface area contributed by atoms with Crippen LogP contribution in [0.3, 0.4) is 0 Å². The first-order valence-corrected chi connectivity index (χ1v) is 6.46. The minimum atomic E-state index is -0.873. The van der Waals surface area contributed by atoms with Gasteiger partial charge in [-0.2, -0.15) is 0 Å². The number of benzene rings is 1. The van der Waals surface area contributed by atoms with E-state index < -0.39 is 12.1 Å². The van der Waals surface area contributed by atoms with Crippen molar-refractivity contribution < 1.29 is 19.7 Å². The molecule has 0 saturated carbocycles. The van der Waals surface area contributed by atoms with Gasteiger partial charge >= 0.3 is 5.97 Å². The van der Waals surface area contributed by atoms with E-state index in [2.05, 4.69) is 5.32 Å². The number of aliphatic hydroxyl groups is 1. The Balaban J connectivity index is 1.70. The van der Waals surface area contributed by atoms with Gasteiger partial charge in [0.25, 0.3) is 0 Å². The number of nitrogens with one attached hydrogen (secondary N) is 1. The van der Waals surface area contributed by atoms with Gasteiger partial charge in [-0.25, -0.2) is 4.79 Å². The highest BCUT2D eigenvalue weighted by atomic mass is 16.5. The Morgan fingerprint density at radius 3 is 2.53 bits per heavy atom. The molecule has 0 aromatic heterocycles. The molecule has 1 saturated heterocycles. The molecule has 1 fully saturated rings. The predicted octanol–water partition coefficient (Wildman–Crippen LogP) is 0.901. The van der Waals surface area contributed by atoms with Gasteiger partial charge in [-0.05, 0) is 24.0 Å². The summed E-state index contributed by atoms with van der Waals surface area (Å²) in [4.78, 5) is 10.7. The average molecular weight is 265 g/mol. The third kappa shape index (κ3) is 4.02. The van der Waals surface area contributed by atoms with Crippen molar-refractivity contribution in [2.75, 3.05) is 6.54 Å². The summed E-state index contributed by atoms with van der Waals surface area (Å²) in [6, 6.07) is 7.72. The van der Waals surface area contributed by atoms with Gasteiger partial charge in [0.05, 0.1) is 12.7 Å². The number of hydrogen-bond acceptors (Lipinski definition) is 4. The lowest BCUT2D eigenvalue weighted by Gasteiger charge is -2.12. The van der Waals surface area contributed by atoms with Crippen molar-refractivity contribution in [3.8, 4) is 0 Å². The highest BCUT2D eigenvalue weighted by molar-refractivity contribution is 5.72. The third-order valence-corrected chi connectivity index (χ3v) is 3.29. The molecule has 2 atom stereocenters. The monoisotopic (exact) mass is 265 g/mol. The van der Waals surface area contributed by atoms with Crippen LogP contribution in [0.5, 0.6) is 0 Å². The number of ether oxygens (including phenoxy) is 1. The Labute approximate surface area is 112 Å². The Bertz CT molecular complexity index is 418. The quantitative estimate of drug-likeness (QED) is 0.712. The molecule has 5 heteroatoms. The molecule has 2 rings (SSSR count). The SMILES string of the molecule is O=C(O)C1CCC(CNCc2ccc(CO)cc2)O1. The number of aliphatic carboxylic acids is 1. The van der Waals surface area contributed by atoms with E-state index >= 15 is 0 Å². The number of rotatable bonds is 6.